The number of carbonyl (C=O) groups excluding carboxylic acids is 1. The van der Waals surface area contributed by atoms with E-state index in [1.807, 2.05) is 12.1 Å². The van der Waals surface area contributed by atoms with Gasteiger partial charge in [0.2, 0.25) is 0 Å². The van der Waals surface area contributed by atoms with Crippen molar-refractivity contribution in [3.8, 4) is 11.5 Å². The molecule has 9 heteroatoms. The predicted octanol–water partition coefficient (Wildman–Crippen LogP) is 5.12. The van der Waals surface area contributed by atoms with Gasteiger partial charge in [-0.2, -0.15) is 0 Å². The molecule has 0 atom stereocenters. The van der Waals surface area contributed by atoms with Crippen molar-refractivity contribution in [1.82, 2.24) is 0 Å². The highest BCUT2D eigenvalue weighted by molar-refractivity contribution is 7.17. The Hall–Kier alpha value is -2.49. The fourth-order valence-corrected chi connectivity index (χ4v) is 3.65. The number of ether oxygens (including phenoxy) is 2. The molecule has 0 aliphatic rings. The van der Waals surface area contributed by atoms with Gasteiger partial charge in [-0.1, -0.05) is 0 Å². The van der Waals surface area contributed by atoms with Crippen LogP contribution in [0, 0.1) is 0 Å². The molecule has 2 aromatic rings. The first-order chi connectivity index (χ1) is 15.7. The van der Waals surface area contributed by atoms with Gasteiger partial charge in [0.1, 0.15) is 5.00 Å². The molecule has 0 spiro atoms. The van der Waals surface area contributed by atoms with Crippen molar-refractivity contribution in [1.29, 1.82) is 0 Å². The first kappa shape index (κ1) is 25.8. The Morgan fingerprint density at radius 3 is 2.00 bits per heavy atom. The number of hydrogen-bond donors (Lipinski definition) is 2. The van der Waals surface area contributed by atoms with Crippen molar-refractivity contribution in [2.24, 2.45) is 10.2 Å². The molecule has 176 valence electrons. The Kier molecular flexibility index (Phi) is 11.7. The second-order valence-electron chi connectivity index (χ2n) is 7.02. The quantitative estimate of drug-likeness (QED) is 0.203. The maximum absolute atomic E-state index is 11.0. The minimum Gasteiger partial charge on any atom is -0.491 e. The minimum absolute atomic E-state index is 0.117. The number of unbranched alkanes of at least 4 members (excludes halogenated alkanes) is 2. The third kappa shape index (κ3) is 7.89. The van der Waals surface area contributed by atoms with Crippen LogP contribution in [-0.4, -0.2) is 56.0 Å². The number of anilines is 1. The van der Waals surface area contributed by atoms with Crippen LogP contribution in [0.5, 0.6) is 11.5 Å². The van der Waals surface area contributed by atoms with E-state index in [1.54, 1.807) is 12.1 Å². The maximum Gasteiger partial charge on any atom is 0.170 e. The van der Waals surface area contributed by atoms with E-state index in [-0.39, 0.29) is 13.2 Å². The number of aliphatic hydroxyl groups is 2. The molecule has 0 aliphatic heterocycles. The molecule has 0 radical (unpaired) electrons. The van der Waals surface area contributed by atoms with Gasteiger partial charge in [-0.15, -0.1) is 21.6 Å². The minimum atomic E-state index is 0.117. The fraction of sp³-hybridized carbons (Fsp3) is 0.522. The number of azo groups is 1. The monoisotopic (exact) mass is 463 g/mol. The number of carbonyl (C=O) groups is 1. The molecule has 2 N–H and O–H groups in total. The molecule has 2 rings (SSSR count). The topological polar surface area (TPSA) is 104 Å². The highest BCUT2D eigenvalue weighted by Gasteiger charge is 2.17. The first-order valence-corrected chi connectivity index (χ1v) is 11.9. The average molecular weight is 464 g/mol. The molecular weight excluding hydrogens is 430 g/mol. The largest absolute Gasteiger partial charge is 0.491 e. The van der Waals surface area contributed by atoms with E-state index in [2.05, 4.69) is 29.0 Å². The number of thiophene rings is 1. The first-order valence-electron chi connectivity index (χ1n) is 11.0. The Morgan fingerprint density at radius 2 is 1.53 bits per heavy atom. The van der Waals surface area contributed by atoms with E-state index in [4.69, 9.17) is 19.7 Å². The number of aldehydes is 1. The van der Waals surface area contributed by atoms with Gasteiger partial charge in [-0.05, 0) is 51.7 Å². The van der Waals surface area contributed by atoms with E-state index in [0.717, 1.165) is 25.1 Å². The van der Waals surface area contributed by atoms with Gasteiger partial charge >= 0.3 is 0 Å². The summed E-state index contributed by atoms with van der Waals surface area (Å²) < 4.78 is 12.1. The van der Waals surface area contributed by atoms with Gasteiger partial charge in [0.05, 0.1) is 18.1 Å². The molecule has 0 fully saturated rings. The lowest BCUT2D eigenvalue weighted by Crippen LogP contribution is -2.22. The zero-order valence-electron chi connectivity index (χ0n) is 18.8. The molecule has 8 nitrogen and oxygen atoms in total. The van der Waals surface area contributed by atoms with Gasteiger partial charge in [-0.3, -0.25) is 4.79 Å². The van der Waals surface area contributed by atoms with Crippen molar-refractivity contribution in [3.05, 3.63) is 29.1 Å². The number of hydrogen-bond acceptors (Lipinski definition) is 9. The molecule has 1 heterocycles. The van der Waals surface area contributed by atoms with Crippen LogP contribution in [0.2, 0.25) is 0 Å². The second kappa shape index (κ2) is 14.5. The Bertz CT molecular complexity index is 819. The molecule has 1 aromatic carbocycles. The SMILES string of the molecule is CCN(CC)c1cc(OCCCCO)c(N=Nc2ccc(C=O)s2)c(OCCCCO)c1. The molecular formula is C23H33N3O5S. The van der Waals surface area contributed by atoms with Crippen LogP contribution in [0.15, 0.2) is 34.5 Å². The van der Waals surface area contributed by atoms with Crippen LogP contribution in [0.3, 0.4) is 0 Å². The van der Waals surface area contributed by atoms with E-state index < -0.39 is 0 Å². The smallest absolute Gasteiger partial charge is 0.170 e. The summed E-state index contributed by atoms with van der Waals surface area (Å²) >= 11 is 1.25. The fourth-order valence-electron chi connectivity index (χ4n) is 3.01. The van der Waals surface area contributed by atoms with E-state index in [9.17, 15) is 4.79 Å². The number of aliphatic hydroxyl groups excluding tert-OH is 2. The number of benzene rings is 1. The standard InChI is InChI=1S/C23H33N3O5S/c1-3-26(4-2)18-15-20(30-13-7-5-11-27)23(21(16-18)31-14-8-6-12-28)25-24-22-10-9-19(17-29)32-22/h9-10,15-17,27-28H,3-8,11-14H2,1-2H3. The van der Waals surface area contributed by atoms with E-state index >= 15 is 0 Å². The van der Waals surface area contributed by atoms with Crippen LogP contribution < -0.4 is 14.4 Å². The molecule has 0 bridgehead atoms. The van der Waals surface area contributed by atoms with E-state index in [1.165, 1.54) is 11.3 Å². The summed E-state index contributed by atoms with van der Waals surface area (Å²) in [5.74, 6) is 1.11. The third-order valence-corrected chi connectivity index (χ3v) is 5.65. The number of nitrogens with zero attached hydrogens (tertiary/aromatic N) is 3. The van der Waals surface area contributed by atoms with Crippen LogP contribution in [0.25, 0.3) is 0 Å². The predicted molar refractivity (Wildman–Crippen MR) is 128 cm³/mol. The average Bonchev–Trinajstić information content (AvgIpc) is 3.28. The zero-order chi connectivity index (χ0) is 23.2. The highest BCUT2D eigenvalue weighted by Crippen LogP contribution is 2.43. The van der Waals surface area contributed by atoms with Crippen LogP contribution in [0.4, 0.5) is 16.4 Å². The molecule has 1 aromatic heterocycles. The lowest BCUT2D eigenvalue weighted by molar-refractivity contribution is 0.112. The molecule has 32 heavy (non-hydrogen) atoms. The molecule has 0 unspecified atom stereocenters. The third-order valence-electron chi connectivity index (χ3n) is 4.75. The highest BCUT2D eigenvalue weighted by atomic mass is 32.1. The second-order valence-corrected chi connectivity index (χ2v) is 8.11. The van der Waals surface area contributed by atoms with Crippen molar-refractivity contribution in [2.45, 2.75) is 39.5 Å². The molecule has 0 saturated heterocycles. The maximum atomic E-state index is 11.0. The Labute approximate surface area is 193 Å². The number of rotatable bonds is 16. The summed E-state index contributed by atoms with van der Waals surface area (Å²) in [6.07, 6.45) is 3.52. The summed E-state index contributed by atoms with van der Waals surface area (Å²) in [5.41, 5.74) is 1.44. The van der Waals surface area contributed by atoms with Crippen molar-refractivity contribution < 1.29 is 24.5 Å². The van der Waals surface area contributed by atoms with Crippen molar-refractivity contribution in [2.75, 3.05) is 44.4 Å². The van der Waals surface area contributed by atoms with Gasteiger partial charge in [0.15, 0.2) is 23.5 Å². The van der Waals surface area contributed by atoms with Crippen molar-refractivity contribution in [3.63, 3.8) is 0 Å². The van der Waals surface area contributed by atoms with Gasteiger partial charge in [0.25, 0.3) is 0 Å². The molecule has 0 aliphatic carbocycles. The van der Waals surface area contributed by atoms with Gasteiger partial charge in [-0.25, -0.2) is 0 Å². The van der Waals surface area contributed by atoms with E-state index in [0.29, 0.717) is 66.0 Å². The van der Waals surface area contributed by atoms with Crippen LogP contribution >= 0.6 is 11.3 Å². The summed E-state index contributed by atoms with van der Waals surface area (Å²) in [5, 5.41) is 27.5. The Morgan fingerprint density at radius 1 is 0.938 bits per heavy atom. The normalized spacial score (nSPS) is 11.1. The summed E-state index contributed by atoms with van der Waals surface area (Å²) in [6.45, 7) is 6.93. The molecule has 0 amide bonds. The van der Waals surface area contributed by atoms with Crippen LogP contribution in [0.1, 0.15) is 49.2 Å². The summed E-state index contributed by atoms with van der Waals surface area (Å²) in [4.78, 5) is 13.7. The Balaban J connectivity index is 2.42. The summed E-state index contributed by atoms with van der Waals surface area (Å²) in [6, 6.07) is 7.32. The van der Waals surface area contributed by atoms with Gasteiger partial charge < -0.3 is 24.6 Å². The van der Waals surface area contributed by atoms with Crippen LogP contribution in [-0.2, 0) is 0 Å². The summed E-state index contributed by atoms with van der Waals surface area (Å²) in [7, 11) is 0. The lowest BCUT2D eigenvalue weighted by Gasteiger charge is -2.23. The van der Waals surface area contributed by atoms with Gasteiger partial charge in [0, 0.05) is 44.1 Å². The van der Waals surface area contributed by atoms with Crippen molar-refractivity contribution >= 4 is 34.0 Å². The lowest BCUT2D eigenvalue weighted by atomic mass is 10.2. The molecule has 0 saturated carbocycles. The zero-order valence-corrected chi connectivity index (χ0v) is 19.6.